The lowest BCUT2D eigenvalue weighted by Gasteiger charge is -2.18. The molecule has 71 heavy (non-hydrogen) atoms. The smallest absolute Gasteiger partial charge is 0.306 e. The molecule has 0 radical (unpaired) electrons. The lowest BCUT2D eigenvalue weighted by Crippen LogP contribution is -2.30. The van der Waals surface area contributed by atoms with Gasteiger partial charge < -0.3 is 14.2 Å². The molecule has 0 saturated carbocycles. The molecule has 0 spiro atoms. The Morgan fingerprint density at radius 1 is 0.296 bits per heavy atom. The first kappa shape index (κ1) is 66.6. The summed E-state index contributed by atoms with van der Waals surface area (Å²) in [5, 5.41) is 0. The maximum atomic E-state index is 12.9. The van der Waals surface area contributed by atoms with Gasteiger partial charge in [0.25, 0.3) is 0 Å². The van der Waals surface area contributed by atoms with Crippen molar-refractivity contribution in [2.45, 2.75) is 245 Å². The van der Waals surface area contributed by atoms with Crippen LogP contribution >= 0.6 is 0 Å². The van der Waals surface area contributed by atoms with Gasteiger partial charge in [-0.15, -0.1) is 0 Å². The van der Waals surface area contributed by atoms with Crippen molar-refractivity contribution in [1.82, 2.24) is 0 Å². The van der Waals surface area contributed by atoms with Crippen LogP contribution in [0.2, 0.25) is 0 Å². The Hall–Kier alpha value is -4.45. The van der Waals surface area contributed by atoms with Crippen molar-refractivity contribution in [2.24, 2.45) is 0 Å². The van der Waals surface area contributed by atoms with Crippen molar-refractivity contribution < 1.29 is 28.6 Å². The van der Waals surface area contributed by atoms with Crippen LogP contribution < -0.4 is 0 Å². The van der Waals surface area contributed by atoms with Crippen molar-refractivity contribution in [1.29, 1.82) is 0 Å². The second kappa shape index (κ2) is 58.1. The van der Waals surface area contributed by atoms with Gasteiger partial charge in [-0.1, -0.05) is 225 Å². The fourth-order valence-electron chi connectivity index (χ4n) is 7.38. The van der Waals surface area contributed by atoms with E-state index < -0.39 is 6.10 Å². The van der Waals surface area contributed by atoms with Gasteiger partial charge in [-0.2, -0.15) is 0 Å². The predicted octanol–water partition coefficient (Wildman–Crippen LogP) is 19.4. The van der Waals surface area contributed by atoms with Crippen LogP contribution in [-0.4, -0.2) is 37.2 Å². The van der Waals surface area contributed by atoms with Crippen molar-refractivity contribution in [3.63, 3.8) is 0 Å². The minimum Gasteiger partial charge on any atom is -0.462 e. The summed E-state index contributed by atoms with van der Waals surface area (Å²) in [6, 6.07) is 0. The predicted molar refractivity (Wildman–Crippen MR) is 306 cm³/mol. The van der Waals surface area contributed by atoms with Gasteiger partial charge in [0.1, 0.15) is 13.2 Å². The number of allylic oxidation sites excluding steroid dienone is 22. The van der Waals surface area contributed by atoms with Gasteiger partial charge in [0.05, 0.1) is 0 Å². The summed E-state index contributed by atoms with van der Waals surface area (Å²) >= 11 is 0. The highest BCUT2D eigenvalue weighted by Gasteiger charge is 2.19. The normalized spacial score (nSPS) is 13.1. The molecule has 1 atom stereocenters. The molecule has 0 aromatic heterocycles. The first-order chi connectivity index (χ1) is 35.0. The Bertz CT molecular complexity index is 1550. The molecule has 6 heteroatoms. The Balaban J connectivity index is 4.45. The highest BCUT2D eigenvalue weighted by Crippen LogP contribution is 2.14. The zero-order chi connectivity index (χ0) is 51.4. The molecule has 0 aliphatic heterocycles. The largest absolute Gasteiger partial charge is 0.462 e. The van der Waals surface area contributed by atoms with Crippen LogP contribution in [0.1, 0.15) is 239 Å². The van der Waals surface area contributed by atoms with Crippen molar-refractivity contribution >= 4 is 17.9 Å². The quantitative estimate of drug-likeness (QED) is 0.0262. The first-order valence-corrected chi connectivity index (χ1v) is 28.7. The molecule has 6 nitrogen and oxygen atoms in total. The van der Waals surface area contributed by atoms with E-state index in [1.54, 1.807) is 0 Å². The summed E-state index contributed by atoms with van der Waals surface area (Å²) in [7, 11) is 0. The summed E-state index contributed by atoms with van der Waals surface area (Å²) in [6.45, 7) is 6.30. The van der Waals surface area contributed by atoms with Crippen LogP contribution in [0.4, 0.5) is 0 Å². The van der Waals surface area contributed by atoms with Gasteiger partial charge >= 0.3 is 17.9 Å². The van der Waals surface area contributed by atoms with Crippen LogP contribution in [0.5, 0.6) is 0 Å². The monoisotopic (exact) mass is 981 g/mol. The second-order valence-corrected chi connectivity index (χ2v) is 18.4. The van der Waals surface area contributed by atoms with E-state index in [-0.39, 0.29) is 37.5 Å². The number of hydrogen-bond acceptors (Lipinski definition) is 6. The highest BCUT2D eigenvalue weighted by atomic mass is 16.6. The number of carbonyl (C=O) groups is 3. The Labute approximate surface area is 436 Å². The molecule has 1 unspecified atom stereocenters. The molecular formula is C65H104O6. The molecule has 0 aromatic carbocycles. The van der Waals surface area contributed by atoms with E-state index in [1.807, 2.05) is 0 Å². The van der Waals surface area contributed by atoms with E-state index in [0.29, 0.717) is 12.8 Å². The van der Waals surface area contributed by atoms with E-state index >= 15 is 0 Å². The Morgan fingerprint density at radius 3 is 0.859 bits per heavy atom. The van der Waals surface area contributed by atoms with Crippen LogP contribution in [0.3, 0.4) is 0 Å². The molecule has 0 fully saturated rings. The van der Waals surface area contributed by atoms with Crippen LogP contribution in [0.25, 0.3) is 0 Å². The first-order valence-electron chi connectivity index (χ1n) is 28.7. The Morgan fingerprint density at radius 2 is 0.549 bits per heavy atom. The molecular weight excluding hydrogens is 877 g/mol. The van der Waals surface area contributed by atoms with Crippen molar-refractivity contribution in [2.75, 3.05) is 13.2 Å². The third kappa shape index (κ3) is 56.3. The van der Waals surface area contributed by atoms with E-state index in [9.17, 15) is 14.4 Å². The molecule has 0 amide bonds. The zero-order valence-corrected chi connectivity index (χ0v) is 45.7. The molecule has 0 aromatic rings. The summed E-state index contributed by atoms with van der Waals surface area (Å²) in [4.78, 5) is 38.2. The van der Waals surface area contributed by atoms with Crippen LogP contribution in [-0.2, 0) is 28.6 Å². The molecule has 0 N–H and O–H groups in total. The fourth-order valence-corrected chi connectivity index (χ4v) is 7.38. The topological polar surface area (TPSA) is 78.9 Å². The van der Waals surface area contributed by atoms with Gasteiger partial charge in [-0.25, -0.2) is 0 Å². The number of ether oxygens (including phenoxy) is 3. The van der Waals surface area contributed by atoms with Crippen molar-refractivity contribution in [3.8, 4) is 0 Å². The standard InChI is InChI=1S/C65H104O6/c1-4-7-10-13-16-19-22-25-27-29-30-31-32-33-34-36-37-40-43-46-49-52-55-58-64(67)70-61-62(60-69-63(66)57-54-51-48-45-42-39-24-21-18-15-12-9-6-3)71-65(68)59-56-53-50-47-44-41-38-35-28-26-23-20-17-14-11-8-5-2/h7-8,10-12,15-17,19-21,24-28,30-31,33-34,38,41,62H,4-6,9,13-14,18,22-23,29,32,35-37,39-40,42-61H2,1-3H3/b10-7-,11-8-,15-12-,19-16-,20-17-,24-21-,27-25-,28-26-,31-30-,34-33-,41-38-. The third-order valence-electron chi connectivity index (χ3n) is 11.6. The number of esters is 3. The van der Waals surface area contributed by atoms with Gasteiger partial charge in [-0.3, -0.25) is 14.4 Å². The zero-order valence-electron chi connectivity index (χ0n) is 45.7. The number of carbonyl (C=O) groups excluding carboxylic acids is 3. The van der Waals surface area contributed by atoms with Crippen LogP contribution in [0.15, 0.2) is 134 Å². The highest BCUT2D eigenvalue weighted by molar-refractivity contribution is 5.71. The summed E-state index contributed by atoms with van der Waals surface area (Å²) < 4.78 is 16.8. The number of rotatable bonds is 50. The van der Waals surface area contributed by atoms with E-state index in [0.717, 1.165) is 167 Å². The SMILES string of the molecule is CC/C=C\C/C=C\C/C=C\C/C=C\C/C=C\CCCCCCCCCC(=O)OCC(COC(=O)CCCCCCC/C=C\C/C=C\CCC)OC(=O)CCCCCC/C=C\C/C=C\C/C=C\C/C=C\CC. The minimum atomic E-state index is -0.807. The second-order valence-electron chi connectivity index (χ2n) is 18.4. The third-order valence-corrected chi connectivity index (χ3v) is 11.6. The van der Waals surface area contributed by atoms with Gasteiger partial charge in [0, 0.05) is 19.3 Å². The Kier molecular flexibility index (Phi) is 54.5. The number of hydrogen-bond donors (Lipinski definition) is 0. The molecule has 0 rings (SSSR count). The van der Waals surface area contributed by atoms with E-state index in [1.165, 1.54) is 32.1 Å². The molecule has 0 heterocycles. The molecule has 400 valence electrons. The molecule has 0 saturated heterocycles. The summed E-state index contributed by atoms with van der Waals surface area (Å²) in [5.41, 5.74) is 0. The number of unbranched alkanes of at least 4 members (excludes halogenated alkanes) is 17. The minimum absolute atomic E-state index is 0.103. The van der Waals surface area contributed by atoms with E-state index in [4.69, 9.17) is 14.2 Å². The van der Waals surface area contributed by atoms with E-state index in [2.05, 4.69) is 154 Å². The fraction of sp³-hybridized carbons (Fsp3) is 0.615. The average Bonchev–Trinajstić information content (AvgIpc) is 3.37. The lowest BCUT2D eigenvalue weighted by molar-refractivity contribution is -0.167. The van der Waals surface area contributed by atoms with Gasteiger partial charge in [-0.05, 0) is 128 Å². The van der Waals surface area contributed by atoms with Crippen LogP contribution in [0, 0.1) is 0 Å². The van der Waals surface area contributed by atoms with Crippen molar-refractivity contribution in [3.05, 3.63) is 134 Å². The maximum absolute atomic E-state index is 12.9. The van der Waals surface area contributed by atoms with Gasteiger partial charge in [0.15, 0.2) is 6.10 Å². The summed E-state index contributed by atoms with van der Waals surface area (Å²) in [5.74, 6) is -0.956. The molecule has 0 bridgehead atoms. The lowest BCUT2D eigenvalue weighted by atomic mass is 10.1. The molecule has 0 aliphatic rings. The maximum Gasteiger partial charge on any atom is 0.306 e. The molecule has 0 aliphatic carbocycles. The van der Waals surface area contributed by atoms with Gasteiger partial charge in [0.2, 0.25) is 0 Å². The summed E-state index contributed by atoms with van der Waals surface area (Å²) in [6.07, 6.45) is 81.5. The average molecular weight is 982 g/mol.